The molecule has 0 bridgehead atoms. The van der Waals surface area contributed by atoms with Gasteiger partial charge >= 0.3 is 0 Å². The van der Waals surface area contributed by atoms with Gasteiger partial charge in [0.05, 0.1) is 11.3 Å². The highest BCUT2D eigenvalue weighted by molar-refractivity contribution is 7.99. The average molecular weight is 284 g/mol. The fraction of sp³-hybridized carbons (Fsp3) is 0.333. The lowest BCUT2D eigenvalue weighted by Crippen LogP contribution is -2.24. The molecule has 16 heavy (non-hydrogen) atoms. The van der Waals surface area contributed by atoms with Crippen LogP contribution in [0.5, 0.6) is 0 Å². The molecule has 0 saturated heterocycles. The maximum atomic E-state index is 12.8. The molecule has 0 aliphatic heterocycles. The topological polar surface area (TPSA) is 46.2 Å². The summed E-state index contributed by atoms with van der Waals surface area (Å²) in [4.78, 5) is 0.807. The minimum atomic E-state index is -3.14. The summed E-state index contributed by atoms with van der Waals surface area (Å²) in [5.41, 5.74) is 0. The van der Waals surface area contributed by atoms with E-state index >= 15 is 0 Å². The van der Waals surface area contributed by atoms with E-state index in [1.165, 1.54) is 23.9 Å². The smallest absolute Gasteiger partial charge is 0.208 e. The lowest BCUT2D eigenvalue weighted by Gasteiger charge is -2.03. The number of sulfonamides is 1. The van der Waals surface area contributed by atoms with Crippen molar-refractivity contribution in [2.45, 2.75) is 4.90 Å². The average Bonchev–Trinajstić information content (AvgIpc) is 2.17. The number of benzene rings is 1. The Hall–Kier alpha value is -0.300. The van der Waals surface area contributed by atoms with Gasteiger partial charge < -0.3 is 0 Å². The van der Waals surface area contributed by atoms with Crippen LogP contribution in [-0.2, 0) is 10.0 Å². The Morgan fingerprint density at radius 3 is 2.75 bits per heavy atom. The standard InChI is InChI=1S/C9H11ClFNO2S2/c1-16(13,14)12-4-5-15-7-2-3-9(11)8(10)6-7/h2-3,6,12H,4-5H2,1H3. The molecule has 90 valence electrons. The zero-order chi connectivity index (χ0) is 12.2. The molecule has 1 N–H and O–H groups in total. The second-order valence-corrected chi connectivity index (χ2v) is 6.50. The largest absolute Gasteiger partial charge is 0.215 e. The number of nitrogens with one attached hydrogen (secondary N) is 1. The van der Waals surface area contributed by atoms with Crippen molar-refractivity contribution in [3.63, 3.8) is 0 Å². The van der Waals surface area contributed by atoms with Gasteiger partial charge in [-0.3, -0.25) is 0 Å². The van der Waals surface area contributed by atoms with Gasteiger partial charge in [-0.1, -0.05) is 11.6 Å². The molecular formula is C9H11ClFNO2S2. The van der Waals surface area contributed by atoms with Crippen molar-refractivity contribution in [2.75, 3.05) is 18.6 Å². The third-order valence-corrected chi connectivity index (χ3v) is 3.64. The van der Waals surface area contributed by atoms with E-state index in [0.717, 1.165) is 11.2 Å². The number of thioether (sulfide) groups is 1. The normalized spacial score (nSPS) is 11.7. The summed E-state index contributed by atoms with van der Waals surface area (Å²) in [5.74, 6) is 0.106. The van der Waals surface area contributed by atoms with Crippen LogP contribution in [0.15, 0.2) is 23.1 Å². The minimum Gasteiger partial charge on any atom is -0.215 e. The van der Waals surface area contributed by atoms with Crippen LogP contribution in [0, 0.1) is 5.82 Å². The molecule has 0 saturated carbocycles. The molecule has 0 heterocycles. The van der Waals surface area contributed by atoms with Crippen LogP contribution in [0.3, 0.4) is 0 Å². The molecule has 1 aromatic rings. The molecule has 7 heteroatoms. The van der Waals surface area contributed by atoms with Crippen LogP contribution >= 0.6 is 23.4 Å². The predicted molar refractivity (Wildman–Crippen MR) is 65.0 cm³/mol. The Bertz CT molecular complexity index is 465. The molecule has 1 rings (SSSR count). The van der Waals surface area contributed by atoms with Gasteiger partial charge in [0.1, 0.15) is 5.82 Å². The zero-order valence-corrected chi connectivity index (χ0v) is 10.9. The highest BCUT2D eigenvalue weighted by Gasteiger charge is 2.02. The Kier molecular flexibility index (Phi) is 5.04. The number of rotatable bonds is 5. The van der Waals surface area contributed by atoms with E-state index in [-0.39, 0.29) is 5.02 Å². The Morgan fingerprint density at radius 2 is 2.19 bits per heavy atom. The Labute approximate surface area is 103 Å². The first-order valence-electron chi connectivity index (χ1n) is 4.41. The summed E-state index contributed by atoms with van der Waals surface area (Å²) < 4.78 is 36.7. The predicted octanol–water partition coefficient (Wildman–Crippen LogP) is 2.12. The fourth-order valence-corrected chi connectivity index (χ4v) is 2.62. The summed E-state index contributed by atoms with van der Waals surface area (Å²) >= 11 is 7.01. The van der Waals surface area contributed by atoms with Crippen molar-refractivity contribution >= 4 is 33.4 Å². The van der Waals surface area contributed by atoms with Gasteiger partial charge in [0.25, 0.3) is 0 Å². The summed E-state index contributed by atoms with van der Waals surface area (Å²) in [7, 11) is -3.14. The van der Waals surface area contributed by atoms with Gasteiger partial charge in [0.2, 0.25) is 10.0 Å². The van der Waals surface area contributed by atoms with Crippen LogP contribution in [0.25, 0.3) is 0 Å². The molecular weight excluding hydrogens is 273 g/mol. The zero-order valence-electron chi connectivity index (χ0n) is 8.54. The van der Waals surface area contributed by atoms with Gasteiger partial charge in [-0.25, -0.2) is 17.5 Å². The minimum absolute atomic E-state index is 0.0704. The summed E-state index contributed by atoms with van der Waals surface area (Å²) in [6, 6.07) is 4.41. The van der Waals surface area contributed by atoms with Crippen molar-refractivity contribution in [1.29, 1.82) is 0 Å². The first-order valence-corrected chi connectivity index (χ1v) is 7.66. The van der Waals surface area contributed by atoms with E-state index in [0.29, 0.717) is 12.3 Å². The van der Waals surface area contributed by atoms with E-state index in [1.807, 2.05) is 0 Å². The van der Waals surface area contributed by atoms with Crippen LogP contribution in [0.4, 0.5) is 4.39 Å². The van der Waals surface area contributed by atoms with E-state index in [1.54, 1.807) is 6.07 Å². The Balaban J connectivity index is 2.41. The second kappa shape index (κ2) is 5.86. The SMILES string of the molecule is CS(=O)(=O)NCCSc1ccc(F)c(Cl)c1. The van der Waals surface area contributed by atoms with Gasteiger partial charge in [-0.15, -0.1) is 11.8 Å². The van der Waals surface area contributed by atoms with Gasteiger partial charge in [0.15, 0.2) is 0 Å². The van der Waals surface area contributed by atoms with E-state index in [2.05, 4.69) is 4.72 Å². The van der Waals surface area contributed by atoms with Crippen molar-refractivity contribution in [3.8, 4) is 0 Å². The lowest BCUT2D eigenvalue weighted by atomic mass is 10.3. The van der Waals surface area contributed by atoms with Crippen LogP contribution in [-0.4, -0.2) is 27.0 Å². The van der Waals surface area contributed by atoms with E-state index in [4.69, 9.17) is 11.6 Å². The first-order chi connectivity index (χ1) is 7.38. The molecule has 1 aromatic carbocycles. The monoisotopic (exact) mass is 283 g/mol. The van der Waals surface area contributed by atoms with Crippen molar-refractivity contribution in [2.24, 2.45) is 0 Å². The van der Waals surface area contributed by atoms with Crippen LogP contribution in [0.2, 0.25) is 5.02 Å². The molecule has 0 amide bonds. The molecule has 0 aliphatic carbocycles. The highest BCUT2D eigenvalue weighted by Crippen LogP contribution is 2.23. The number of hydrogen-bond acceptors (Lipinski definition) is 3. The number of hydrogen-bond donors (Lipinski definition) is 1. The second-order valence-electron chi connectivity index (χ2n) is 3.09. The molecule has 0 unspecified atom stereocenters. The summed E-state index contributed by atoms with van der Waals surface area (Å²) in [6.07, 6.45) is 1.10. The maximum absolute atomic E-state index is 12.8. The molecule has 3 nitrogen and oxygen atoms in total. The maximum Gasteiger partial charge on any atom is 0.208 e. The van der Waals surface area contributed by atoms with Gasteiger partial charge in [0, 0.05) is 17.2 Å². The van der Waals surface area contributed by atoms with E-state index < -0.39 is 15.8 Å². The Morgan fingerprint density at radius 1 is 1.50 bits per heavy atom. The van der Waals surface area contributed by atoms with Gasteiger partial charge in [-0.2, -0.15) is 0 Å². The molecule has 0 aromatic heterocycles. The van der Waals surface area contributed by atoms with E-state index in [9.17, 15) is 12.8 Å². The third kappa shape index (κ3) is 5.16. The molecule has 0 atom stereocenters. The van der Waals surface area contributed by atoms with Crippen molar-refractivity contribution in [3.05, 3.63) is 29.0 Å². The molecule has 0 radical (unpaired) electrons. The first kappa shape index (κ1) is 13.8. The summed E-state index contributed by atoms with van der Waals surface area (Å²) in [5, 5.41) is 0.0704. The number of halogens is 2. The molecule has 0 fully saturated rings. The van der Waals surface area contributed by atoms with Gasteiger partial charge in [-0.05, 0) is 18.2 Å². The summed E-state index contributed by atoms with van der Waals surface area (Å²) in [6.45, 7) is 0.332. The molecule has 0 spiro atoms. The van der Waals surface area contributed by atoms with Crippen LogP contribution in [0.1, 0.15) is 0 Å². The molecule has 0 aliphatic rings. The third-order valence-electron chi connectivity index (χ3n) is 1.63. The van der Waals surface area contributed by atoms with Crippen molar-refractivity contribution in [1.82, 2.24) is 4.72 Å². The van der Waals surface area contributed by atoms with Crippen molar-refractivity contribution < 1.29 is 12.8 Å². The quantitative estimate of drug-likeness (QED) is 0.665. The lowest BCUT2D eigenvalue weighted by molar-refractivity contribution is 0.590. The van der Waals surface area contributed by atoms with Crippen LogP contribution < -0.4 is 4.72 Å². The highest BCUT2D eigenvalue weighted by atomic mass is 35.5. The fourth-order valence-electron chi connectivity index (χ4n) is 0.963.